The minimum atomic E-state index is -1.30. The smallest absolute Gasteiger partial charge is 0.292 e. The van der Waals surface area contributed by atoms with E-state index in [4.69, 9.17) is 21.1 Å². The molecule has 0 radical (unpaired) electrons. The Morgan fingerprint density at radius 3 is 2.62 bits per heavy atom. The number of fused-ring (bicyclic) bond motifs is 2. The molecule has 2 aromatic rings. The van der Waals surface area contributed by atoms with Crippen LogP contribution in [0.25, 0.3) is 0 Å². The van der Waals surface area contributed by atoms with Gasteiger partial charge in [-0.1, -0.05) is 48.0 Å². The fourth-order valence-electron chi connectivity index (χ4n) is 3.44. The first-order valence-electron chi connectivity index (χ1n) is 8.07. The summed E-state index contributed by atoms with van der Waals surface area (Å²) in [4.78, 5) is 15.0. The van der Waals surface area contributed by atoms with Crippen molar-refractivity contribution in [2.45, 2.75) is 25.7 Å². The molecular formula is C19H18ClNO3. The average Bonchev–Trinajstić information content (AvgIpc) is 2.82. The van der Waals surface area contributed by atoms with Crippen LogP contribution < -0.4 is 4.90 Å². The molecule has 1 amide bonds. The number of carbonyl (C=O) groups excluding carboxylic acids is 1. The van der Waals surface area contributed by atoms with Gasteiger partial charge >= 0.3 is 0 Å². The molecule has 2 aliphatic rings. The van der Waals surface area contributed by atoms with Crippen LogP contribution in [0.4, 0.5) is 5.69 Å². The van der Waals surface area contributed by atoms with E-state index in [-0.39, 0.29) is 5.91 Å². The van der Waals surface area contributed by atoms with E-state index in [0.29, 0.717) is 24.8 Å². The Hall–Kier alpha value is -1.88. The summed E-state index contributed by atoms with van der Waals surface area (Å²) in [5.41, 5.74) is 3.57. The van der Waals surface area contributed by atoms with E-state index in [1.54, 1.807) is 4.90 Å². The first-order valence-corrected chi connectivity index (χ1v) is 8.45. The molecule has 1 saturated heterocycles. The molecule has 0 aliphatic carbocycles. The Morgan fingerprint density at radius 2 is 1.88 bits per heavy atom. The van der Waals surface area contributed by atoms with Gasteiger partial charge in [0.2, 0.25) is 0 Å². The maximum Gasteiger partial charge on any atom is 0.292 e. The molecule has 0 unspecified atom stereocenters. The van der Waals surface area contributed by atoms with Crippen molar-refractivity contribution in [3.8, 4) is 0 Å². The van der Waals surface area contributed by atoms with Crippen molar-refractivity contribution in [3.05, 3.63) is 64.2 Å². The Balaban J connectivity index is 1.81. The van der Waals surface area contributed by atoms with Crippen LogP contribution in [0.1, 0.15) is 23.1 Å². The average molecular weight is 344 g/mol. The van der Waals surface area contributed by atoms with Gasteiger partial charge in [-0.3, -0.25) is 4.79 Å². The van der Waals surface area contributed by atoms with Crippen molar-refractivity contribution in [3.63, 3.8) is 0 Å². The number of para-hydroxylation sites is 1. The highest BCUT2D eigenvalue weighted by Gasteiger charge is 2.55. The van der Waals surface area contributed by atoms with Crippen molar-refractivity contribution in [2.24, 2.45) is 0 Å². The molecule has 5 heteroatoms. The highest BCUT2D eigenvalue weighted by Crippen LogP contribution is 2.47. The first-order chi connectivity index (χ1) is 11.6. The topological polar surface area (TPSA) is 38.8 Å². The van der Waals surface area contributed by atoms with Gasteiger partial charge in [0.25, 0.3) is 11.7 Å². The summed E-state index contributed by atoms with van der Waals surface area (Å²) in [5, 5.41) is 0.645. The van der Waals surface area contributed by atoms with Crippen LogP contribution in [0.2, 0.25) is 5.02 Å². The lowest BCUT2D eigenvalue weighted by molar-refractivity contribution is -0.256. The summed E-state index contributed by atoms with van der Waals surface area (Å²) in [5.74, 6) is -1.48. The molecule has 2 aromatic carbocycles. The standard InChI is InChI=1S/C19H18ClNO3/c1-13-6-4-8-15-17(13)21(12-14-7-2-3-9-16(14)20)18(22)19(15)23-10-5-11-24-19/h2-4,6-9H,5,10-12H2,1H3. The van der Waals surface area contributed by atoms with E-state index in [0.717, 1.165) is 28.8 Å². The molecule has 0 saturated carbocycles. The highest BCUT2D eigenvalue weighted by molar-refractivity contribution is 6.31. The number of hydrogen-bond donors (Lipinski definition) is 0. The molecule has 24 heavy (non-hydrogen) atoms. The second kappa shape index (κ2) is 5.88. The lowest BCUT2D eigenvalue weighted by atomic mass is 10.0. The molecule has 0 aromatic heterocycles. The molecule has 1 spiro atoms. The molecule has 0 atom stereocenters. The minimum Gasteiger partial charge on any atom is -0.338 e. The lowest BCUT2D eigenvalue weighted by Gasteiger charge is -2.32. The zero-order chi connectivity index (χ0) is 16.7. The number of benzene rings is 2. The SMILES string of the molecule is Cc1cccc2c1N(Cc1ccccc1Cl)C(=O)C21OCCCO1. The Bertz CT molecular complexity index is 799. The third-order valence-corrected chi connectivity index (χ3v) is 4.94. The first kappa shape index (κ1) is 15.6. The van der Waals surface area contributed by atoms with Crippen molar-refractivity contribution >= 4 is 23.2 Å². The molecule has 1 fully saturated rings. The van der Waals surface area contributed by atoms with E-state index >= 15 is 0 Å². The summed E-state index contributed by atoms with van der Waals surface area (Å²) >= 11 is 6.29. The van der Waals surface area contributed by atoms with Gasteiger partial charge in [-0.2, -0.15) is 0 Å². The van der Waals surface area contributed by atoms with E-state index in [9.17, 15) is 4.79 Å². The largest absolute Gasteiger partial charge is 0.338 e. The number of halogens is 1. The monoisotopic (exact) mass is 343 g/mol. The Kier molecular flexibility index (Phi) is 3.83. The van der Waals surface area contributed by atoms with Crippen LogP contribution in [-0.2, 0) is 26.6 Å². The van der Waals surface area contributed by atoms with Gasteiger partial charge in [-0.15, -0.1) is 0 Å². The Morgan fingerprint density at radius 1 is 1.12 bits per heavy atom. The van der Waals surface area contributed by atoms with Crippen molar-refractivity contribution in [2.75, 3.05) is 18.1 Å². The fourth-order valence-corrected chi connectivity index (χ4v) is 3.63. The summed E-state index contributed by atoms with van der Waals surface area (Å²) in [6, 6.07) is 13.4. The molecular weight excluding hydrogens is 326 g/mol. The second-order valence-corrected chi connectivity index (χ2v) is 6.53. The zero-order valence-electron chi connectivity index (χ0n) is 13.4. The van der Waals surface area contributed by atoms with Crippen molar-refractivity contribution in [1.29, 1.82) is 0 Å². The van der Waals surface area contributed by atoms with Crippen LogP contribution in [0, 0.1) is 6.92 Å². The van der Waals surface area contributed by atoms with Crippen molar-refractivity contribution in [1.82, 2.24) is 0 Å². The quantitative estimate of drug-likeness (QED) is 0.832. The molecule has 0 bridgehead atoms. The predicted octanol–water partition coefficient (Wildman–Crippen LogP) is 3.78. The highest BCUT2D eigenvalue weighted by atomic mass is 35.5. The van der Waals surface area contributed by atoms with E-state index in [1.165, 1.54) is 0 Å². The third kappa shape index (κ3) is 2.25. The number of hydrogen-bond acceptors (Lipinski definition) is 3. The number of ether oxygens (including phenoxy) is 2. The number of anilines is 1. The van der Waals surface area contributed by atoms with Crippen LogP contribution >= 0.6 is 11.6 Å². The van der Waals surface area contributed by atoms with Crippen LogP contribution in [0.5, 0.6) is 0 Å². The van der Waals surface area contributed by atoms with Crippen molar-refractivity contribution < 1.29 is 14.3 Å². The zero-order valence-corrected chi connectivity index (χ0v) is 14.2. The predicted molar refractivity (Wildman–Crippen MR) is 92.0 cm³/mol. The fraction of sp³-hybridized carbons (Fsp3) is 0.316. The number of aryl methyl sites for hydroxylation is 1. The normalized spacial score (nSPS) is 18.9. The summed E-state index contributed by atoms with van der Waals surface area (Å²) in [7, 11) is 0. The summed E-state index contributed by atoms with van der Waals surface area (Å²) in [6.45, 7) is 3.41. The van der Waals surface area contributed by atoms with Gasteiger partial charge < -0.3 is 14.4 Å². The van der Waals surface area contributed by atoms with E-state index in [2.05, 4.69) is 0 Å². The van der Waals surface area contributed by atoms with Gasteiger partial charge in [-0.05, 0) is 30.5 Å². The maximum atomic E-state index is 13.2. The number of carbonyl (C=O) groups is 1. The molecule has 0 N–H and O–H groups in total. The second-order valence-electron chi connectivity index (χ2n) is 6.12. The lowest BCUT2D eigenvalue weighted by Crippen LogP contribution is -2.47. The molecule has 124 valence electrons. The molecule has 2 heterocycles. The molecule has 4 nitrogen and oxygen atoms in total. The summed E-state index contributed by atoms with van der Waals surface area (Å²) < 4.78 is 11.7. The summed E-state index contributed by atoms with van der Waals surface area (Å²) in [6.07, 6.45) is 0.792. The molecule has 4 rings (SSSR count). The van der Waals surface area contributed by atoms with Crippen LogP contribution in [-0.4, -0.2) is 19.1 Å². The van der Waals surface area contributed by atoms with Crippen LogP contribution in [0.15, 0.2) is 42.5 Å². The molecule has 2 aliphatic heterocycles. The van der Waals surface area contributed by atoms with Gasteiger partial charge in [-0.25, -0.2) is 0 Å². The van der Waals surface area contributed by atoms with Gasteiger partial charge in [0, 0.05) is 10.6 Å². The van der Waals surface area contributed by atoms with Crippen LogP contribution in [0.3, 0.4) is 0 Å². The van der Waals surface area contributed by atoms with Gasteiger partial charge in [0.1, 0.15) is 0 Å². The number of amides is 1. The number of nitrogens with zero attached hydrogens (tertiary/aromatic N) is 1. The van der Waals surface area contributed by atoms with Gasteiger partial charge in [0.15, 0.2) is 0 Å². The minimum absolute atomic E-state index is 0.175. The Labute approximate surface area is 145 Å². The van der Waals surface area contributed by atoms with E-state index in [1.807, 2.05) is 49.4 Å². The third-order valence-electron chi connectivity index (χ3n) is 4.57. The number of rotatable bonds is 2. The van der Waals surface area contributed by atoms with E-state index < -0.39 is 5.79 Å². The maximum absolute atomic E-state index is 13.2. The van der Waals surface area contributed by atoms with Gasteiger partial charge in [0.05, 0.1) is 25.4 Å².